The minimum absolute atomic E-state index is 0.366. The van der Waals surface area contributed by atoms with E-state index < -0.39 is 33.3 Å². The summed E-state index contributed by atoms with van der Waals surface area (Å²) in [4.78, 5) is 3.75. The van der Waals surface area contributed by atoms with E-state index in [2.05, 4.69) is 32.8 Å². The van der Waals surface area contributed by atoms with E-state index in [-0.39, 0.29) is 0 Å². The average Bonchev–Trinajstić information content (AvgIpc) is 2.44. The molecular formula is C13H4BrF4N. The molecule has 6 heteroatoms. The van der Waals surface area contributed by atoms with Gasteiger partial charge in [0.1, 0.15) is 5.56 Å². The zero-order valence-corrected chi connectivity index (χ0v) is 10.7. The molecule has 0 saturated heterocycles. The zero-order valence-electron chi connectivity index (χ0n) is 9.15. The highest BCUT2D eigenvalue weighted by molar-refractivity contribution is 9.10. The van der Waals surface area contributed by atoms with Gasteiger partial charge in [-0.2, -0.15) is 0 Å². The summed E-state index contributed by atoms with van der Waals surface area (Å²) in [5.74, 6) is -1.68. The predicted octanol–water partition coefficient (Wildman–Crippen LogP) is 3.80. The molecule has 0 unspecified atom stereocenters. The van der Waals surface area contributed by atoms with E-state index in [0.717, 1.165) is 0 Å². The van der Waals surface area contributed by atoms with Crippen LogP contribution in [0, 0.1) is 35.1 Å². The quantitative estimate of drug-likeness (QED) is 0.310. The van der Waals surface area contributed by atoms with Crippen LogP contribution in [0.3, 0.4) is 0 Å². The Morgan fingerprint density at radius 1 is 0.947 bits per heavy atom. The van der Waals surface area contributed by atoms with Gasteiger partial charge in [0, 0.05) is 18.0 Å². The van der Waals surface area contributed by atoms with Gasteiger partial charge < -0.3 is 0 Å². The van der Waals surface area contributed by atoms with Crippen molar-refractivity contribution >= 4 is 15.9 Å². The SMILES string of the molecule is Fc1c(F)c(C#Cc2cccnc2)c(F)c(F)c1Br. The van der Waals surface area contributed by atoms with Crippen molar-refractivity contribution in [1.82, 2.24) is 4.98 Å². The van der Waals surface area contributed by atoms with Crippen LogP contribution in [0.2, 0.25) is 0 Å². The molecule has 1 nitrogen and oxygen atoms in total. The zero-order chi connectivity index (χ0) is 14.0. The molecule has 1 aromatic heterocycles. The molecule has 0 radical (unpaired) electrons. The highest BCUT2D eigenvalue weighted by Gasteiger charge is 2.22. The Hall–Kier alpha value is -1.87. The van der Waals surface area contributed by atoms with Gasteiger partial charge in [0.2, 0.25) is 0 Å². The molecule has 2 rings (SSSR count). The summed E-state index contributed by atoms with van der Waals surface area (Å²) in [5.41, 5.74) is -0.591. The van der Waals surface area contributed by atoms with Crippen molar-refractivity contribution in [3.8, 4) is 11.8 Å². The van der Waals surface area contributed by atoms with Gasteiger partial charge in [-0.15, -0.1) is 0 Å². The third-order valence-electron chi connectivity index (χ3n) is 2.20. The van der Waals surface area contributed by atoms with Gasteiger partial charge in [0.05, 0.1) is 4.47 Å². The summed E-state index contributed by atoms with van der Waals surface area (Å²) >= 11 is 2.42. The molecule has 0 aliphatic carbocycles. The molecule has 0 N–H and O–H groups in total. The maximum absolute atomic E-state index is 13.5. The molecule has 0 spiro atoms. The highest BCUT2D eigenvalue weighted by Crippen LogP contribution is 2.27. The number of hydrogen-bond donors (Lipinski definition) is 0. The number of benzene rings is 1. The highest BCUT2D eigenvalue weighted by atomic mass is 79.9. The average molecular weight is 330 g/mol. The van der Waals surface area contributed by atoms with Crippen molar-refractivity contribution in [2.24, 2.45) is 0 Å². The number of rotatable bonds is 0. The Balaban J connectivity index is 2.57. The fraction of sp³-hybridized carbons (Fsp3) is 0. The lowest BCUT2D eigenvalue weighted by atomic mass is 10.1. The fourth-order valence-electron chi connectivity index (χ4n) is 1.29. The van der Waals surface area contributed by atoms with Crippen LogP contribution in [0.15, 0.2) is 29.0 Å². The van der Waals surface area contributed by atoms with E-state index >= 15 is 0 Å². The molecule has 0 atom stereocenters. The number of pyridine rings is 1. The smallest absolute Gasteiger partial charge is 0.178 e. The van der Waals surface area contributed by atoms with Crippen molar-refractivity contribution in [1.29, 1.82) is 0 Å². The molecular weight excluding hydrogens is 326 g/mol. The Bertz CT molecular complexity index is 660. The Morgan fingerprint density at radius 3 is 2.11 bits per heavy atom. The van der Waals surface area contributed by atoms with E-state index in [1.54, 1.807) is 12.1 Å². The maximum Gasteiger partial charge on any atom is 0.178 e. The molecule has 0 bridgehead atoms. The molecule has 0 aliphatic heterocycles. The Labute approximate surface area is 114 Å². The van der Waals surface area contributed by atoms with Crippen molar-refractivity contribution < 1.29 is 17.6 Å². The number of nitrogens with zero attached hydrogens (tertiary/aromatic N) is 1. The summed E-state index contributed by atoms with van der Waals surface area (Å²) in [5, 5.41) is 0. The molecule has 0 aliphatic rings. The Kier molecular flexibility index (Phi) is 3.86. The summed E-state index contributed by atoms with van der Waals surface area (Å²) in [6.45, 7) is 0. The third-order valence-corrected chi connectivity index (χ3v) is 2.90. The second-order valence-corrected chi connectivity index (χ2v) is 4.23. The van der Waals surface area contributed by atoms with Gasteiger partial charge in [-0.05, 0) is 28.1 Å². The van der Waals surface area contributed by atoms with Crippen LogP contribution in [-0.4, -0.2) is 4.98 Å². The molecule has 0 fully saturated rings. The molecule has 96 valence electrons. The maximum atomic E-state index is 13.5. The largest absolute Gasteiger partial charge is 0.263 e. The summed E-state index contributed by atoms with van der Waals surface area (Å²) in [6.07, 6.45) is 2.85. The van der Waals surface area contributed by atoms with Crippen molar-refractivity contribution in [2.75, 3.05) is 0 Å². The third kappa shape index (κ3) is 2.61. The van der Waals surface area contributed by atoms with Gasteiger partial charge in [-0.25, -0.2) is 17.6 Å². The molecule has 2 aromatic rings. The van der Waals surface area contributed by atoms with Crippen LogP contribution in [0.1, 0.15) is 11.1 Å². The first-order valence-electron chi connectivity index (χ1n) is 4.96. The molecule has 19 heavy (non-hydrogen) atoms. The minimum Gasteiger partial charge on any atom is -0.263 e. The molecule has 1 aromatic carbocycles. The minimum atomic E-state index is -1.54. The second kappa shape index (κ2) is 5.41. The van der Waals surface area contributed by atoms with Crippen molar-refractivity contribution in [2.45, 2.75) is 0 Å². The van der Waals surface area contributed by atoms with Gasteiger partial charge in [0.15, 0.2) is 23.3 Å². The van der Waals surface area contributed by atoms with Crippen LogP contribution >= 0.6 is 15.9 Å². The van der Waals surface area contributed by atoms with Crippen LogP contribution in [-0.2, 0) is 0 Å². The predicted molar refractivity (Wildman–Crippen MR) is 64.2 cm³/mol. The summed E-state index contributed by atoms with van der Waals surface area (Å²) in [6, 6.07) is 3.11. The van der Waals surface area contributed by atoms with Crippen molar-refractivity contribution in [3.63, 3.8) is 0 Å². The van der Waals surface area contributed by atoms with Gasteiger partial charge in [-0.1, -0.05) is 11.8 Å². The number of hydrogen-bond acceptors (Lipinski definition) is 1. The first-order chi connectivity index (χ1) is 9.02. The van der Waals surface area contributed by atoms with E-state index in [1.165, 1.54) is 12.4 Å². The van der Waals surface area contributed by atoms with Gasteiger partial charge >= 0.3 is 0 Å². The van der Waals surface area contributed by atoms with Gasteiger partial charge in [-0.3, -0.25) is 4.98 Å². The second-order valence-electron chi connectivity index (χ2n) is 3.44. The first kappa shape index (κ1) is 13.6. The monoisotopic (exact) mass is 329 g/mol. The first-order valence-corrected chi connectivity index (χ1v) is 5.75. The number of halogens is 5. The van der Waals surface area contributed by atoms with Crippen LogP contribution in [0.25, 0.3) is 0 Å². The summed E-state index contributed by atoms with van der Waals surface area (Å²) in [7, 11) is 0. The van der Waals surface area contributed by atoms with E-state index in [0.29, 0.717) is 5.56 Å². The van der Waals surface area contributed by atoms with E-state index in [9.17, 15) is 17.6 Å². The van der Waals surface area contributed by atoms with Gasteiger partial charge in [0.25, 0.3) is 0 Å². The number of aromatic nitrogens is 1. The summed E-state index contributed by atoms with van der Waals surface area (Å²) < 4.78 is 52.6. The van der Waals surface area contributed by atoms with Crippen molar-refractivity contribution in [3.05, 3.63) is 63.4 Å². The van der Waals surface area contributed by atoms with Crippen LogP contribution < -0.4 is 0 Å². The topological polar surface area (TPSA) is 12.9 Å². The lowest BCUT2D eigenvalue weighted by Crippen LogP contribution is -2.01. The lowest BCUT2D eigenvalue weighted by Gasteiger charge is -2.03. The van der Waals surface area contributed by atoms with E-state index in [1.807, 2.05) is 0 Å². The Morgan fingerprint density at radius 2 is 1.58 bits per heavy atom. The molecule has 0 amide bonds. The van der Waals surface area contributed by atoms with Crippen LogP contribution in [0.4, 0.5) is 17.6 Å². The molecule has 0 saturated carbocycles. The normalized spacial score (nSPS) is 9.95. The molecule has 1 heterocycles. The lowest BCUT2D eigenvalue weighted by molar-refractivity contribution is 0.443. The standard InChI is InChI=1S/C13H4BrF4N/c14-9-12(17)10(15)8(11(16)13(9)18)4-3-7-2-1-5-19-6-7/h1-2,5-6H. The van der Waals surface area contributed by atoms with Crippen LogP contribution in [0.5, 0.6) is 0 Å². The van der Waals surface area contributed by atoms with E-state index in [4.69, 9.17) is 0 Å². The fourth-order valence-corrected chi connectivity index (χ4v) is 1.63.